The van der Waals surface area contributed by atoms with Crippen LogP contribution >= 0.6 is 11.6 Å². The zero-order chi connectivity index (χ0) is 13.6. The van der Waals surface area contributed by atoms with Crippen molar-refractivity contribution in [2.24, 2.45) is 0 Å². The van der Waals surface area contributed by atoms with E-state index in [-0.39, 0.29) is 12.1 Å². The van der Waals surface area contributed by atoms with E-state index in [2.05, 4.69) is 32.0 Å². The van der Waals surface area contributed by atoms with E-state index in [1.165, 1.54) is 0 Å². The highest BCUT2D eigenvalue weighted by molar-refractivity contribution is 6.30. The Morgan fingerprint density at radius 1 is 1.44 bits per heavy atom. The van der Waals surface area contributed by atoms with Crippen molar-refractivity contribution in [1.29, 1.82) is 0 Å². The lowest BCUT2D eigenvalue weighted by Gasteiger charge is -2.25. The van der Waals surface area contributed by atoms with Crippen LogP contribution in [0.15, 0.2) is 18.2 Å². The molecule has 98 valence electrons. The molecule has 0 aliphatic heterocycles. The van der Waals surface area contributed by atoms with Crippen LogP contribution < -0.4 is 10.1 Å². The molecule has 0 aliphatic rings. The molecule has 0 atom stereocenters. The Morgan fingerprint density at radius 2 is 2.17 bits per heavy atom. The van der Waals surface area contributed by atoms with E-state index in [9.17, 15) is 0 Å². The lowest BCUT2D eigenvalue weighted by Crippen LogP contribution is -2.37. The normalized spacial score (nSPS) is 11.1. The lowest BCUT2D eigenvalue weighted by molar-refractivity contribution is 0.349. The van der Waals surface area contributed by atoms with Crippen molar-refractivity contribution in [3.05, 3.63) is 28.8 Å². The SMILES string of the molecule is C#CCOc1ccc(Cl)cc1CNC(C)(C)CC. The average Bonchev–Trinajstić information content (AvgIpc) is 2.35. The summed E-state index contributed by atoms with van der Waals surface area (Å²) in [5.41, 5.74) is 1.12. The van der Waals surface area contributed by atoms with E-state index in [0.717, 1.165) is 17.7 Å². The molecular weight excluding hydrogens is 246 g/mol. The van der Waals surface area contributed by atoms with Crippen molar-refractivity contribution < 1.29 is 4.74 Å². The summed E-state index contributed by atoms with van der Waals surface area (Å²) in [4.78, 5) is 0. The first-order valence-corrected chi connectivity index (χ1v) is 6.46. The summed E-state index contributed by atoms with van der Waals surface area (Å²) in [5, 5.41) is 4.18. The third-order valence-electron chi connectivity index (χ3n) is 2.97. The molecule has 1 rings (SSSR count). The maximum absolute atomic E-state index is 6.01. The minimum atomic E-state index is 0.0890. The van der Waals surface area contributed by atoms with E-state index in [0.29, 0.717) is 11.6 Å². The fourth-order valence-electron chi connectivity index (χ4n) is 1.41. The number of nitrogens with one attached hydrogen (secondary N) is 1. The van der Waals surface area contributed by atoms with Crippen LogP contribution in [0.25, 0.3) is 0 Å². The highest BCUT2D eigenvalue weighted by atomic mass is 35.5. The summed E-state index contributed by atoms with van der Waals surface area (Å²) in [6, 6.07) is 5.57. The molecule has 0 amide bonds. The molecule has 0 radical (unpaired) electrons. The van der Waals surface area contributed by atoms with Gasteiger partial charge in [0.2, 0.25) is 0 Å². The third kappa shape index (κ3) is 4.60. The number of hydrogen-bond donors (Lipinski definition) is 1. The van der Waals surface area contributed by atoms with E-state index in [1.54, 1.807) is 0 Å². The molecule has 1 aromatic rings. The first kappa shape index (κ1) is 14.9. The topological polar surface area (TPSA) is 21.3 Å². The van der Waals surface area contributed by atoms with Crippen molar-refractivity contribution in [2.45, 2.75) is 39.3 Å². The lowest BCUT2D eigenvalue weighted by atomic mass is 10.0. The van der Waals surface area contributed by atoms with Crippen LogP contribution in [0.5, 0.6) is 5.75 Å². The summed E-state index contributed by atoms with van der Waals surface area (Å²) in [5.74, 6) is 3.25. The Balaban J connectivity index is 2.79. The van der Waals surface area contributed by atoms with Crippen LogP contribution in [0.4, 0.5) is 0 Å². The van der Waals surface area contributed by atoms with Gasteiger partial charge in [-0.15, -0.1) is 6.42 Å². The minimum Gasteiger partial charge on any atom is -0.481 e. The second-order valence-corrected chi connectivity index (χ2v) is 5.27. The molecule has 0 spiro atoms. The Bertz CT molecular complexity index is 435. The van der Waals surface area contributed by atoms with Crippen molar-refractivity contribution in [3.63, 3.8) is 0 Å². The van der Waals surface area contributed by atoms with Gasteiger partial charge >= 0.3 is 0 Å². The summed E-state index contributed by atoms with van der Waals surface area (Å²) in [7, 11) is 0. The Hall–Kier alpha value is -1.17. The first-order chi connectivity index (χ1) is 8.48. The first-order valence-electron chi connectivity index (χ1n) is 6.08. The van der Waals surface area contributed by atoms with Crippen LogP contribution in [0.2, 0.25) is 5.02 Å². The summed E-state index contributed by atoms with van der Waals surface area (Å²) >= 11 is 6.01. The van der Waals surface area contributed by atoms with Gasteiger partial charge in [0.1, 0.15) is 12.4 Å². The van der Waals surface area contributed by atoms with Crippen molar-refractivity contribution in [2.75, 3.05) is 6.61 Å². The van der Waals surface area contributed by atoms with E-state index >= 15 is 0 Å². The van der Waals surface area contributed by atoms with Gasteiger partial charge in [-0.25, -0.2) is 0 Å². The standard InChI is InChI=1S/C15H20ClNO/c1-5-9-18-14-8-7-13(16)10-12(14)11-17-15(3,4)6-2/h1,7-8,10,17H,6,9,11H2,2-4H3. The Labute approximate surface area is 115 Å². The highest BCUT2D eigenvalue weighted by Gasteiger charge is 2.15. The molecule has 18 heavy (non-hydrogen) atoms. The van der Waals surface area contributed by atoms with Gasteiger partial charge in [0.25, 0.3) is 0 Å². The van der Waals surface area contributed by atoms with Gasteiger partial charge in [-0.2, -0.15) is 0 Å². The van der Waals surface area contributed by atoms with E-state index in [4.69, 9.17) is 22.8 Å². The van der Waals surface area contributed by atoms with Crippen LogP contribution in [-0.4, -0.2) is 12.1 Å². The van der Waals surface area contributed by atoms with Crippen molar-refractivity contribution >= 4 is 11.6 Å². The number of ether oxygens (including phenoxy) is 1. The molecule has 0 saturated carbocycles. The van der Waals surface area contributed by atoms with Gasteiger partial charge < -0.3 is 10.1 Å². The molecular formula is C15H20ClNO. The van der Waals surface area contributed by atoms with Crippen LogP contribution in [-0.2, 0) is 6.54 Å². The smallest absolute Gasteiger partial charge is 0.148 e. The number of benzene rings is 1. The summed E-state index contributed by atoms with van der Waals surface area (Å²) in [6.07, 6.45) is 6.25. The molecule has 0 aromatic heterocycles. The summed E-state index contributed by atoms with van der Waals surface area (Å²) in [6.45, 7) is 7.47. The molecule has 0 saturated heterocycles. The fraction of sp³-hybridized carbons (Fsp3) is 0.467. The minimum absolute atomic E-state index is 0.0890. The van der Waals surface area contributed by atoms with E-state index in [1.807, 2.05) is 18.2 Å². The van der Waals surface area contributed by atoms with Gasteiger partial charge in [-0.05, 0) is 38.5 Å². The maximum atomic E-state index is 6.01. The molecule has 1 aromatic carbocycles. The molecule has 0 bridgehead atoms. The quantitative estimate of drug-likeness (QED) is 0.793. The molecule has 0 heterocycles. The molecule has 0 unspecified atom stereocenters. The predicted octanol–water partition coefficient (Wildman–Crippen LogP) is 3.63. The van der Waals surface area contributed by atoms with Crippen LogP contribution in [0, 0.1) is 12.3 Å². The second kappa shape index (κ2) is 6.68. The number of terminal acetylenes is 1. The maximum Gasteiger partial charge on any atom is 0.148 e. The molecule has 1 N–H and O–H groups in total. The third-order valence-corrected chi connectivity index (χ3v) is 3.21. The monoisotopic (exact) mass is 265 g/mol. The van der Waals surface area contributed by atoms with Gasteiger partial charge in [-0.3, -0.25) is 0 Å². The van der Waals surface area contributed by atoms with Crippen molar-refractivity contribution in [3.8, 4) is 18.1 Å². The van der Waals surface area contributed by atoms with Crippen LogP contribution in [0.1, 0.15) is 32.8 Å². The second-order valence-electron chi connectivity index (χ2n) is 4.84. The summed E-state index contributed by atoms with van der Waals surface area (Å²) < 4.78 is 5.51. The largest absolute Gasteiger partial charge is 0.481 e. The van der Waals surface area contributed by atoms with Gasteiger partial charge in [0, 0.05) is 22.7 Å². The zero-order valence-corrected chi connectivity index (χ0v) is 12.0. The van der Waals surface area contributed by atoms with Gasteiger partial charge in [0.15, 0.2) is 0 Å². The Morgan fingerprint density at radius 3 is 2.78 bits per heavy atom. The Kier molecular flexibility index (Phi) is 5.53. The van der Waals surface area contributed by atoms with Crippen LogP contribution in [0.3, 0.4) is 0 Å². The molecule has 3 heteroatoms. The number of rotatable bonds is 6. The van der Waals surface area contributed by atoms with Gasteiger partial charge in [-0.1, -0.05) is 24.4 Å². The fourth-order valence-corrected chi connectivity index (χ4v) is 1.60. The average molecular weight is 266 g/mol. The zero-order valence-electron chi connectivity index (χ0n) is 11.2. The van der Waals surface area contributed by atoms with Gasteiger partial charge in [0.05, 0.1) is 0 Å². The molecule has 2 nitrogen and oxygen atoms in total. The highest BCUT2D eigenvalue weighted by Crippen LogP contribution is 2.23. The predicted molar refractivity (Wildman–Crippen MR) is 77.0 cm³/mol. The molecule has 0 fully saturated rings. The van der Waals surface area contributed by atoms with Crippen molar-refractivity contribution in [1.82, 2.24) is 5.32 Å². The number of halogens is 1. The molecule has 0 aliphatic carbocycles. The van der Waals surface area contributed by atoms with E-state index < -0.39 is 0 Å². The number of hydrogen-bond acceptors (Lipinski definition) is 2.